The molecule has 0 radical (unpaired) electrons. The third-order valence-corrected chi connectivity index (χ3v) is 1.09. The minimum absolute atomic E-state index is 0.344. The highest BCUT2D eigenvalue weighted by Gasteiger charge is 1.94. The average Bonchev–Trinajstić information content (AvgIpc) is 1.63. The summed E-state index contributed by atoms with van der Waals surface area (Å²) in [6.07, 6.45) is 3.32. The summed E-state index contributed by atoms with van der Waals surface area (Å²) in [6.45, 7) is 4.40. The predicted molar refractivity (Wildman–Crippen MR) is 37.4 cm³/mol. The molecule has 0 aromatic rings. The first-order valence-electron chi connectivity index (χ1n) is 3.60. The van der Waals surface area contributed by atoms with Crippen molar-refractivity contribution in [2.45, 2.75) is 26.2 Å². The van der Waals surface area contributed by atoms with Crippen LogP contribution < -0.4 is 0 Å². The first-order valence-corrected chi connectivity index (χ1v) is 3.60. The molecule has 2 nitrogen and oxygen atoms in total. The summed E-state index contributed by atoms with van der Waals surface area (Å²) in [5, 5.41) is 8.07. The van der Waals surface area contributed by atoms with E-state index in [2.05, 4.69) is 6.92 Å². The molecule has 1 aliphatic heterocycles. The van der Waals surface area contributed by atoms with Crippen molar-refractivity contribution in [2.24, 2.45) is 0 Å². The lowest BCUT2D eigenvalue weighted by atomic mass is 10.4. The highest BCUT2D eigenvalue weighted by atomic mass is 16.5. The van der Waals surface area contributed by atoms with E-state index in [1.807, 2.05) is 0 Å². The topological polar surface area (TPSA) is 29.5 Å². The van der Waals surface area contributed by atoms with Crippen LogP contribution in [0.5, 0.6) is 0 Å². The van der Waals surface area contributed by atoms with Crippen molar-refractivity contribution < 1.29 is 9.84 Å². The van der Waals surface area contributed by atoms with Gasteiger partial charge in [0.2, 0.25) is 0 Å². The molecule has 1 N–H and O–H groups in total. The number of hydrogen-bond acceptors (Lipinski definition) is 2. The molecular weight excluding hydrogens is 116 g/mol. The summed E-state index contributed by atoms with van der Waals surface area (Å²) < 4.78 is 4.72. The molecule has 0 atom stereocenters. The second-order valence-corrected chi connectivity index (χ2v) is 2.04. The van der Waals surface area contributed by atoms with Crippen LogP contribution in [0.2, 0.25) is 0 Å². The van der Waals surface area contributed by atoms with E-state index in [9.17, 15) is 0 Å². The maximum Gasteiger partial charge on any atom is 0.0488 e. The Hall–Kier alpha value is -0.0800. The van der Waals surface area contributed by atoms with Gasteiger partial charge in [-0.25, -0.2) is 0 Å². The summed E-state index contributed by atoms with van der Waals surface area (Å²) in [6, 6.07) is 0. The Labute approximate surface area is 56.8 Å². The molecule has 1 aliphatic rings. The Kier molecular flexibility index (Phi) is 7.85. The summed E-state index contributed by atoms with van der Waals surface area (Å²) in [5.74, 6) is 0. The van der Waals surface area contributed by atoms with Crippen molar-refractivity contribution in [3.63, 3.8) is 0 Å². The standard InChI is InChI=1S/C4H10O.C3H6O/c1-2-3-4-5;1-2-4-3-1/h5H,2-4H2,1H3;1-3H2. The third kappa shape index (κ3) is 7.92. The molecule has 2 heteroatoms. The van der Waals surface area contributed by atoms with Gasteiger partial charge >= 0.3 is 0 Å². The summed E-state index contributed by atoms with van der Waals surface area (Å²) in [5.41, 5.74) is 0. The Morgan fingerprint density at radius 2 is 1.89 bits per heavy atom. The second kappa shape index (κ2) is 7.92. The normalized spacial score (nSPS) is 15.3. The lowest BCUT2D eigenvalue weighted by Crippen LogP contribution is -2.09. The maximum atomic E-state index is 8.07. The van der Waals surface area contributed by atoms with Gasteiger partial charge in [0.25, 0.3) is 0 Å². The Balaban J connectivity index is 0.000000144. The van der Waals surface area contributed by atoms with Gasteiger partial charge in [0, 0.05) is 19.8 Å². The van der Waals surface area contributed by atoms with E-state index in [1.54, 1.807) is 0 Å². The van der Waals surface area contributed by atoms with Gasteiger partial charge in [0.1, 0.15) is 0 Å². The van der Waals surface area contributed by atoms with E-state index in [1.165, 1.54) is 6.42 Å². The van der Waals surface area contributed by atoms with E-state index in [4.69, 9.17) is 9.84 Å². The zero-order valence-corrected chi connectivity index (χ0v) is 6.10. The Morgan fingerprint density at radius 3 is 1.89 bits per heavy atom. The Morgan fingerprint density at radius 1 is 1.44 bits per heavy atom. The molecule has 1 rings (SSSR count). The van der Waals surface area contributed by atoms with E-state index < -0.39 is 0 Å². The van der Waals surface area contributed by atoms with Crippen LogP contribution in [-0.4, -0.2) is 24.9 Å². The van der Waals surface area contributed by atoms with Crippen molar-refractivity contribution in [3.8, 4) is 0 Å². The number of rotatable bonds is 2. The zero-order chi connectivity index (χ0) is 6.95. The van der Waals surface area contributed by atoms with Crippen molar-refractivity contribution in [1.82, 2.24) is 0 Å². The van der Waals surface area contributed by atoms with Crippen LogP contribution in [-0.2, 0) is 4.74 Å². The molecule has 0 aromatic carbocycles. The highest BCUT2D eigenvalue weighted by Crippen LogP contribution is 1.93. The van der Waals surface area contributed by atoms with Gasteiger partial charge in [-0.15, -0.1) is 0 Å². The maximum absolute atomic E-state index is 8.07. The van der Waals surface area contributed by atoms with Crippen molar-refractivity contribution in [3.05, 3.63) is 0 Å². The fourth-order valence-corrected chi connectivity index (χ4v) is 0.302. The van der Waals surface area contributed by atoms with E-state index in [0.717, 1.165) is 26.1 Å². The van der Waals surface area contributed by atoms with Gasteiger partial charge in [-0.05, 0) is 12.8 Å². The van der Waals surface area contributed by atoms with Crippen molar-refractivity contribution >= 4 is 0 Å². The van der Waals surface area contributed by atoms with E-state index in [0.29, 0.717) is 6.61 Å². The summed E-state index contributed by atoms with van der Waals surface area (Å²) >= 11 is 0. The van der Waals surface area contributed by atoms with Gasteiger partial charge in [0.15, 0.2) is 0 Å². The molecule has 1 fully saturated rings. The lowest BCUT2D eigenvalue weighted by molar-refractivity contribution is 0.0367. The fraction of sp³-hybridized carbons (Fsp3) is 1.00. The molecule has 9 heavy (non-hydrogen) atoms. The second-order valence-electron chi connectivity index (χ2n) is 2.04. The number of hydrogen-bond donors (Lipinski definition) is 1. The quantitative estimate of drug-likeness (QED) is 0.611. The SMILES string of the molecule is C1COC1.CCCCO. The van der Waals surface area contributed by atoms with Crippen LogP contribution >= 0.6 is 0 Å². The molecule has 0 unspecified atom stereocenters. The average molecular weight is 132 g/mol. The molecule has 1 heterocycles. The molecular formula is C7H16O2. The van der Waals surface area contributed by atoms with Gasteiger partial charge in [0.05, 0.1) is 0 Å². The molecule has 1 saturated heterocycles. The first-order chi connectivity index (χ1) is 4.41. The molecule has 0 spiro atoms. The summed E-state index contributed by atoms with van der Waals surface area (Å²) in [4.78, 5) is 0. The third-order valence-electron chi connectivity index (χ3n) is 1.09. The van der Waals surface area contributed by atoms with Crippen LogP contribution in [0.3, 0.4) is 0 Å². The van der Waals surface area contributed by atoms with Crippen molar-refractivity contribution in [2.75, 3.05) is 19.8 Å². The molecule has 0 aliphatic carbocycles. The lowest BCUT2D eigenvalue weighted by Gasteiger charge is -2.09. The monoisotopic (exact) mass is 132 g/mol. The minimum Gasteiger partial charge on any atom is -0.396 e. The molecule has 0 saturated carbocycles. The molecule has 56 valence electrons. The van der Waals surface area contributed by atoms with Crippen LogP contribution in [0.25, 0.3) is 0 Å². The van der Waals surface area contributed by atoms with E-state index >= 15 is 0 Å². The Bertz CT molecular complexity index is 36.2. The number of ether oxygens (including phenoxy) is 1. The largest absolute Gasteiger partial charge is 0.396 e. The van der Waals surface area contributed by atoms with Crippen LogP contribution in [0.1, 0.15) is 26.2 Å². The van der Waals surface area contributed by atoms with Crippen molar-refractivity contribution in [1.29, 1.82) is 0 Å². The van der Waals surface area contributed by atoms with Gasteiger partial charge in [-0.2, -0.15) is 0 Å². The van der Waals surface area contributed by atoms with E-state index in [-0.39, 0.29) is 0 Å². The van der Waals surface area contributed by atoms with Crippen LogP contribution in [0.15, 0.2) is 0 Å². The van der Waals surface area contributed by atoms with Gasteiger partial charge in [-0.3, -0.25) is 0 Å². The number of aliphatic hydroxyl groups is 1. The van der Waals surface area contributed by atoms with Gasteiger partial charge < -0.3 is 9.84 Å². The fourth-order valence-electron chi connectivity index (χ4n) is 0.302. The number of aliphatic hydroxyl groups excluding tert-OH is 1. The van der Waals surface area contributed by atoms with Crippen LogP contribution in [0, 0.1) is 0 Å². The summed E-state index contributed by atoms with van der Waals surface area (Å²) in [7, 11) is 0. The first kappa shape index (κ1) is 8.92. The highest BCUT2D eigenvalue weighted by molar-refractivity contribution is 4.41. The van der Waals surface area contributed by atoms with Gasteiger partial charge in [-0.1, -0.05) is 13.3 Å². The zero-order valence-electron chi connectivity index (χ0n) is 6.10. The van der Waals surface area contributed by atoms with Crippen LogP contribution in [0.4, 0.5) is 0 Å². The minimum atomic E-state index is 0.344. The molecule has 0 amide bonds. The smallest absolute Gasteiger partial charge is 0.0488 e. The molecule has 0 aromatic heterocycles. The predicted octanol–water partition coefficient (Wildman–Crippen LogP) is 1.19. The molecule has 0 bridgehead atoms. The number of unbranched alkanes of at least 4 members (excludes halogenated alkanes) is 1.